The number of H-pyrrole nitrogens is 1. The van der Waals surface area contributed by atoms with E-state index >= 15 is 0 Å². The van der Waals surface area contributed by atoms with Crippen LogP contribution in [-0.4, -0.2) is 56.7 Å². The Bertz CT molecular complexity index is 1270. The van der Waals surface area contributed by atoms with Crippen LogP contribution in [0.2, 0.25) is 0 Å². The molecule has 182 valence electrons. The van der Waals surface area contributed by atoms with E-state index < -0.39 is 0 Å². The summed E-state index contributed by atoms with van der Waals surface area (Å²) in [6.07, 6.45) is 6.36. The van der Waals surface area contributed by atoms with E-state index in [1.807, 2.05) is 39.1 Å². The summed E-state index contributed by atoms with van der Waals surface area (Å²) in [6, 6.07) is 5.70. The van der Waals surface area contributed by atoms with Crippen LogP contribution in [0.25, 0.3) is 11.4 Å². The lowest BCUT2D eigenvalue weighted by molar-refractivity contribution is 0.140. The van der Waals surface area contributed by atoms with E-state index in [4.69, 9.17) is 14.5 Å². The van der Waals surface area contributed by atoms with Gasteiger partial charge in [0, 0.05) is 24.7 Å². The molecule has 12 nitrogen and oxygen atoms in total. The molecular formula is C23H28N10O2. The number of tetrazole rings is 1. The van der Waals surface area contributed by atoms with Gasteiger partial charge in [-0.15, -0.1) is 15.3 Å². The van der Waals surface area contributed by atoms with Gasteiger partial charge in [0.1, 0.15) is 30.1 Å². The van der Waals surface area contributed by atoms with Crippen LogP contribution in [0.15, 0.2) is 24.5 Å². The zero-order chi connectivity index (χ0) is 24.2. The fourth-order valence-electron chi connectivity index (χ4n) is 4.34. The highest BCUT2D eigenvalue weighted by atomic mass is 16.5. The predicted octanol–water partition coefficient (Wildman–Crippen LogP) is 2.74. The molecule has 2 atom stereocenters. The minimum atomic E-state index is 0.0833. The predicted molar refractivity (Wildman–Crippen MR) is 125 cm³/mol. The van der Waals surface area contributed by atoms with E-state index in [2.05, 4.69) is 40.9 Å². The second-order valence-corrected chi connectivity index (χ2v) is 8.65. The van der Waals surface area contributed by atoms with Crippen LogP contribution in [0, 0.1) is 6.92 Å². The molecule has 0 unspecified atom stereocenters. The summed E-state index contributed by atoms with van der Waals surface area (Å²) in [4.78, 5) is 13.2. The Labute approximate surface area is 202 Å². The van der Waals surface area contributed by atoms with Crippen LogP contribution in [-0.2, 0) is 20.1 Å². The number of pyridine rings is 1. The minimum absolute atomic E-state index is 0.0833. The van der Waals surface area contributed by atoms with Gasteiger partial charge in [-0.25, -0.2) is 19.6 Å². The van der Waals surface area contributed by atoms with E-state index in [1.165, 1.54) is 6.33 Å². The summed E-state index contributed by atoms with van der Waals surface area (Å²) in [6.45, 7) is 4.24. The van der Waals surface area contributed by atoms with Crippen molar-refractivity contribution in [2.45, 2.75) is 64.6 Å². The summed E-state index contributed by atoms with van der Waals surface area (Å²) >= 11 is 0. The molecule has 0 aliphatic heterocycles. The maximum Gasteiger partial charge on any atom is 0.216 e. The number of ether oxygens (including phenoxy) is 2. The van der Waals surface area contributed by atoms with Crippen molar-refractivity contribution in [2.75, 3.05) is 0 Å². The Morgan fingerprint density at radius 3 is 2.89 bits per heavy atom. The number of hydrogen-bond donors (Lipinski definition) is 1. The van der Waals surface area contributed by atoms with Crippen LogP contribution >= 0.6 is 0 Å². The Balaban J connectivity index is 1.29. The van der Waals surface area contributed by atoms with Crippen LogP contribution in [0.4, 0.5) is 0 Å². The normalized spacial score (nSPS) is 17.9. The molecule has 1 fully saturated rings. The van der Waals surface area contributed by atoms with Gasteiger partial charge in [-0.05, 0) is 51.2 Å². The molecule has 0 spiro atoms. The van der Waals surface area contributed by atoms with Crippen molar-refractivity contribution in [1.29, 1.82) is 0 Å². The molecule has 1 aliphatic carbocycles. The molecule has 1 aliphatic rings. The summed E-state index contributed by atoms with van der Waals surface area (Å²) in [5, 5.41) is 23.0. The first-order chi connectivity index (χ1) is 17.1. The van der Waals surface area contributed by atoms with Crippen LogP contribution in [0.5, 0.6) is 11.6 Å². The Kier molecular flexibility index (Phi) is 6.59. The molecule has 4 aromatic rings. The van der Waals surface area contributed by atoms with Gasteiger partial charge in [0.05, 0.1) is 17.5 Å². The molecule has 4 aromatic heterocycles. The first kappa shape index (κ1) is 22.8. The fourth-order valence-corrected chi connectivity index (χ4v) is 4.34. The number of aryl methyl sites for hydroxylation is 3. The first-order valence-electron chi connectivity index (χ1n) is 11.8. The van der Waals surface area contributed by atoms with Gasteiger partial charge in [-0.1, -0.05) is 17.4 Å². The highest BCUT2D eigenvalue weighted by molar-refractivity contribution is 5.58. The van der Waals surface area contributed by atoms with E-state index in [-0.39, 0.29) is 18.6 Å². The number of hydrogen-bond acceptors (Lipinski definition) is 10. The second-order valence-electron chi connectivity index (χ2n) is 8.65. The maximum atomic E-state index is 6.34. The monoisotopic (exact) mass is 476 g/mol. The van der Waals surface area contributed by atoms with E-state index in [1.54, 1.807) is 4.68 Å². The van der Waals surface area contributed by atoms with Crippen molar-refractivity contribution in [3.8, 4) is 23.0 Å². The first-order valence-corrected chi connectivity index (χ1v) is 11.8. The molecule has 1 saturated carbocycles. The third-order valence-corrected chi connectivity index (χ3v) is 6.29. The summed E-state index contributed by atoms with van der Waals surface area (Å²) in [5.74, 6) is 2.30. The van der Waals surface area contributed by atoms with E-state index in [0.717, 1.165) is 60.8 Å². The van der Waals surface area contributed by atoms with Crippen molar-refractivity contribution >= 4 is 0 Å². The molecule has 35 heavy (non-hydrogen) atoms. The lowest BCUT2D eigenvalue weighted by Crippen LogP contribution is -2.25. The standard InChI is InChI=1S/C23H28N10O2/c1-4-16-11-21(25-13-24-16)34-12-19-22(27-32-33(19)3)18-8-9-20(14(2)26-18)35-17-7-5-6-15(10-17)23-28-30-31-29-23/h8-9,11,13,15,17H,4-7,10,12H2,1-3H3,(H,28,29,30,31)/t15-,17-/m0/s1. The summed E-state index contributed by atoms with van der Waals surface area (Å²) in [5.41, 5.74) is 3.91. The van der Waals surface area contributed by atoms with Gasteiger partial charge in [0.15, 0.2) is 5.82 Å². The number of aromatic amines is 1. The minimum Gasteiger partial charge on any atom is -0.489 e. The van der Waals surface area contributed by atoms with Crippen molar-refractivity contribution in [3.63, 3.8) is 0 Å². The highest BCUT2D eigenvalue weighted by Crippen LogP contribution is 2.34. The zero-order valence-electron chi connectivity index (χ0n) is 20.0. The smallest absolute Gasteiger partial charge is 0.216 e. The molecule has 0 aromatic carbocycles. The number of aromatic nitrogens is 10. The van der Waals surface area contributed by atoms with E-state index in [0.29, 0.717) is 17.3 Å². The maximum absolute atomic E-state index is 6.34. The number of nitrogens with one attached hydrogen (secondary N) is 1. The fraction of sp³-hybridized carbons (Fsp3) is 0.478. The lowest BCUT2D eigenvalue weighted by Gasteiger charge is -2.28. The van der Waals surface area contributed by atoms with Crippen LogP contribution in [0.1, 0.15) is 61.4 Å². The molecular weight excluding hydrogens is 448 g/mol. The Morgan fingerprint density at radius 2 is 2.09 bits per heavy atom. The summed E-state index contributed by atoms with van der Waals surface area (Å²) in [7, 11) is 1.83. The molecule has 5 rings (SSSR count). The molecule has 0 bridgehead atoms. The highest BCUT2D eigenvalue weighted by Gasteiger charge is 2.28. The van der Waals surface area contributed by atoms with Gasteiger partial charge in [-0.3, -0.25) is 0 Å². The summed E-state index contributed by atoms with van der Waals surface area (Å²) < 4.78 is 13.9. The topological polar surface area (TPSA) is 142 Å². The largest absolute Gasteiger partial charge is 0.489 e. The molecule has 0 saturated heterocycles. The van der Waals surface area contributed by atoms with Crippen molar-refractivity contribution in [1.82, 2.24) is 50.6 Å². The molecule has 12 heteroatoms. The van der Waals surface area contributed by atoms with Gasteiger partial charge in [-0.2, -0.15) is 5.21 Å². The van der Waals surface area contributed by atoms with Crippen molar-refractivity contribution < 1.29 is 9.47 Å². The molecule has 1 N–H and O–H groups in total. The SMILES string of the molecule is CCc1cc(OCc2c(-c3ccc(O[C@H]4CCC[C@H](c5nn[nH]n5)C4)c(C)n3)nnn2C)ncn1. The van der Waals surface area contributed by atoms with Crippen molar-refractivity contribution in [2.24, 2.45) is 7.05 Å². The average molecular weight is 477 g/mol. The van der Waals surface area contributed by atoms with Gasteiger partial charge < -0.3 is 9.47 Å². The number of nitrogens with zero attached hydrogens (tertiary/aromatic N) is 9. The van der Waals surface area contributed by atoms with E-state index in [9.17, 15) is 0 Å². The van der Waals surface area contributed by atoms with Crippen LogP contribution < -0.4 is 9.47 Å². The van der Waals surface area contributed by atoms with Gasteiger partial charge >= 0.3 is 0 Å². The molecule has 0 amide bonds. The second kappa shape index (κ2) is 10.1. The van der Waals surface area contributed by atoms with Gasteiger partial charge in [0.2, 0.25) is 5.88 Å². The Morgan fingerprint density at radius 1 is 1.17 bits per heavy atom. The third-order valence-electron chi connectivity index (χ3n) is 6.29. The van der Waals surface area contributed by atoms with Crippen molar-refractivity contribution in [3.05, 3.63) is 47.4 Å². The lowest BCUT2D eigenvalue weighted by atomic mass is 9.86. The zero-order valence-corrected chi connectivity index (χ0v) is 20.0. The number of rotatable bonds is 8. The molecule has 0 radical (unpaired) electrons. The van der Waals surface area contributed by atoms with Crippen LogP contribution in [0.3, 0.4) is 0 Å². The quantitative estimate of drug-likeness (QED) is 0.403. The Hall–Kier alpha value is -3.96. The third kappa shape index (κ3) is 5.10. The average Bonchev–Trinajstić information content (AvgIpc) is 3.55. The van der Waals surface area contributed by atoms with Gasteiger partial charge in [0.25, 0.3) is 0 Å². The molecule has 4 heterocycles.